The number of hydrogen-bond donors (Lipinski definition) is 1. The maximum Gasteiger partial charge on any atom is 0.240 e. The Bertz CT molecular complexity index is 565. The van der Waals surface area contributed by atoms with E-state index in [-0.39, 0.29) is 0 Å². The highest BCUT2D eigenvalue weighted by Crippen LogP contribution is 2.36. The minimum Gasteiger partial charge on any atom is -0.338 e. The zero-order valence-corrected chi connectivity index (χ0v) is 12.4. The van der Waals surface area contributed by atoms with E-state index < -0.39 is 0 Å². The highest BCUT2D eigenvalue weighted by molar-refractivity contribution is 5.14. The largest absolute Gasteiger partial charge is 0.338 e. The highest BCUT2D eigenvalue weighted by Gasteiger charge is 2.32. The van der Waals surface area contributed by atoms with Crippen molar-refractivity contribution < 1.29 is 4.52 Å². The predicted octanol–water partition coefficient (Wildman–Crippen LogP) is 2.33. The van der Waals surface area contributed by atoms with Gasteiger partial charge in [-0.1, -0.05) is 35.5 Å². The minimum atomic E-state index is 0.295. The van der Waals surface area contributed by atoms with Crippen LogP contribution in [0.1, 0.15) is 37.0 Å². The molecule has 3 rings (SSSR count). The molecule has 2 aromatic rings. The Morgan fingerprint density at radius 3 is 2.67 bits per heavy atom. The molecule has 1 aromatic carbocycles. The Balaban J connectivity index is 1.72. The van der Waals surface area contributed by atoms with Gasteiger partial charge in [0.1, 0.15) is 0 Å². The third-order valence-corrected chi connectivity index (χ3v) is 4.14. The topological polar surface area (TPSA) is 68.2 Å². The SMILES string of the molecule is CC(C1CC1)N(Cc1ccccc1)Cc1noc(CN)n1. The van der Waals surface area contributed by atoms with E-state index in [2.05, 4.69) is 46.2 Å². The molecule has 1 atom stereocenters. The van der Waals surface area contributed by atoms with Gasteiger partial charge in [-0.3, -0.25) is 4.90 Å². The third-order valence-electron chi connectivity index (χ3n) is 4.14. The lowest BCUT2D eigenvalue weighted by atomic mass is 10.1. The van der Waals surface area contributed by atoms with Crippen LogP contribution in [0.25, 0.3) is 0 Å². The summed E-state index contributed by atoms with van der Waals surface area (Å²) >= 11 is 0. The first-order valence-electron chi connectivity index (χ1n) is 7.55. The summed E-state index contributed by atoms with van der Waals surface area (Å²) in [7, 11) is 0. The lowest BCUT2D eigenvalue weighted by Crippen LogP contribution is -2.34. The molecular weight excluding hydrogens is 264 g/mol. The van der Waals surface area contributed by atoms with Crippen LogP contribution in [0.5, 0.6) is 0 Å². The Labute approximate surface area is 125 Å². The van der Waals surface area contributed by atoms with Crippen LogP contribution in [-0.4, -0.2) is 21.1 Å². The van der Waals surface area contributed by atoms with E-state index in [1.165, 1.54) is 18.4 Å². The summed E-state index contributed by atoms with van der Waals surface area (Å²) in [5, 5.41) is 4.02. The highest BCUT2D eigenvalue weighted by atomic mass is 16.5. The molecule has 112 valence electrons. The third kappa shape index (κ3) is 3.68. The van der Waals surface area contributed by atoms with Crippen LogP contribution in [0.2, 0.25) is 0 Å². The molecule has 21 heavy (non-hydrogen) atoms. The number of hydrogen-bond acceptors (Lipinski definition) is 5. The molecule has 0 spiro atoms. The maximum atomic E-state index is 5.53. The summed E-state index contributed by atoms with van der Waals surface area (Å²) in [6, 6.07) is 11.1. The van der Waals surface area contributed by atoms with Crippen LogP contribution in [-0.2, 0) is 19.6 Å². The first kappa shape index (κ1) is 14.2. The fraction of sp³-hybridized carbons (Fsp3) is 0.500. The molecule has 5 heteroatoms. The Morgan fingerprint density at radius 2 is 2.05 bits per heavy atom. The smallest absolute Gasteiger partial charge is 0.240 e. The van der Waals surface area contributed by atoms with Crippen molar-refractivity contribution in [3.8, 4) is 0 Å². The molecule has 1 unspecified atom stereocenters. The van der Waals surface area contributed by atoms with Gasteiger partial charge >= 0.3 is 0 Å². The average Bonchev–Trinajstić information content (AvgIpc) is 3.27. The number of nitrogens with two attached hydrogens (primary N) is 1. The van der Waals surface area contributed by atoms with E-state index in [1.807, 2.05) is 6.07 Å². The van der Waals surface area contributed by atoms with Gasteiger partial charge in [-0.15, -0.1) is 0 Å². The van der Waals surface area contributed by atoms with Crippen LogP contribution in [0.3, 0.4) is 0 Å². The van der Waals surface area contributed by atoms with Gasteiger partial charge in [-0.05, 0) is 31.2 Å². The van der Waals surface area contributed by atoms with Crippen LogP contribution >= 0.6 is 0 Å². The molecule has 1 aliphatic carbocycles. The van der Waals surface area contributed by atoms with Gasteiger partial charge in [-0.2, -0.15) is 4.98 Å². The van der Waals surface area contributed by atoms with E-state index in [9.17, 15) is 0 Å². The minimum absolute atomic E-state index is 0.295. The number of rotatable bonds is 7. The Morgan fingerprint density at radius 1 is 1.29 bits per heavy atom. The second-order valence-corrected chi connectivity index (χ2v) is 5.78. The summed E-state index contributed by atoms with van der Waals surface area (Å²) in [5.74, 6) is 2.03. The van der Waals surface area contributed by atoms with Crippen LogP contribution in [0.4, 0.5) is 0 Å². The molecule has 1 fully saturated rings. The fourth-order valence-electron chi connectivity index (χ4n) is 2.66. The van der Waals surface area contributed by atoms with Crippen LogP contribution in [0.15, 0.2) is 34.9 Å². The van der Waals surface area contributed by atoms with Gasteiger partial charge in [0, 0.05) is 12.6 Å². The Hall–Kier alpha value is -1.72. The van der Waals surface area contributed by atoms with Crippen molar-refractivity contribution >= 4 is 0 Å². The first-order chi connectivity index (χ1) is 10.3. The second kappa shape index (κ2) is 6.37. The maximum absolute atomic E-state index is 5.53. The van der Waals surface area contributed by atoms with Gasteiger partial charge in [0.15, 0.2) is 5.82 Å². The monoisotopic (exact) mass is 286 g/mol. The van der Waals surface area contributed by atoms with Crippen molar-refractivity contribution in [2.24, 2.45) is 11.7 Å². The number of aromatic nitrogens is 2. The quantitative estimate of drug-likeness (QED) is 0.846. The predicted molar refractivity (Wildman–Crippen MR) is 80.1 cm³/mol. The molecule has 1 aliphatic rings. The zero-order chi connectivity index (χ0) is 14.7. The van der Waals surface area contributed by atoms with Crippen LogP contribution < -0.4 is 5.73 Å². The number of nitrogens with zero attached hydrogens (tertiary/aromatic N) is 3. The van der Waals surface area contributed by atoms with E-state index >= 15 is 0 Å². The van der Waals surface area contributed by atoms with Gasteiger partial charge in [-0.25, -0.2) is 0 Å². The second-order valence-electron chi connectivity index (χ2n) is 5.78. The molecular formula is C16H22N4O. The zero-order valence-electron chi connectivity index (χ0n) is 12.4. The molecule has 0 amide bonds. The van der Waals surface area contributed by atoms with E-state index in [1.54, 1.807) is 0 Å². The van der Waals surface area contributed by atoms with Crippen molar-refractivity contribution in [2.45, 2.75) is 45.4 Å². The van der Waals surface area contributed by atoms with Gasteiger partial charge in [0.05, 0.1) is 13.1 Å². The van der Waals surface area contributed by atoms with Crippen molar-refractivity contribution in [2.75, 3.05) is 0 Å². The summed E-state index contributed by atoms with van der Waals surface area (Å²) in [6.45, 7) is 4.20. The molecule has 1 saturated carbocycles. The number of benzene rings is 1. The average molecular weight is 286 g/mol. The van der Waals surface area contributed by atoms with Crippen LogP contribution in [0, 0.1) is 5.92 Å². The van der Waals surface area contributed by atoms with E-state index in [0.29, 0.717) is 25.0 Å². The lowest BCUT2D eigenvalue weighted by Gasteiger charge is -2.28. The van der Waals surface area contributed by atoms with E-state index in [0.717, 1.165) is 18.3 Å². The fourth-order valence-corrected chi connectivity index (χ4v) is 2.66. The summed E-state index contributed by atoms with van der Waals surface area (Å²) in [6.07, 6.45) is 2.65. The summed E-state index contributed by atoms with van der Waals surface area (Å²) in [4.78, 5) is 6.76. The van der Waals surface area contributed by atoms with Gasteiger partial charge in [0.25, 0.3) is 0 Å². The first-order valence-corrected chi connectivity index (χ1v) is 7.55. The molecule has 0 saturated heterocycles. The van der Waals surface area contributed by atoms with Crippen molar-refractivity contribution in [3.63, 3.8) is 0 Å². The van der Waals surface area contributed by atoms with Crippen molar-refractivity contribution in [1.82, 2.24) is 15.0 Å². The van der Waals surface area contributed by atoms with Gasteiger partial charge < -0.3 is 10.3 Å². The molecule has 0 aliphatic heterocycles. The summed E-state index contributed by atoms with van der Waals surface area (Å²) in [5.41, 5.74) is 6.84. The molecule has 5 nitrogen and oxygen atoms in total. The summed E-state index contributed by atoms with van der Waals surface area (Å²) < 4.78 is 5.11. The van der Waals surface area contributed by atoms with Gasteiger partial charge in [0.2, 0.25) is 5.89 Å². The van der Waals surface area contributed by atoms with Crippen molar-refractivity contribution in [1.29, 1.82) is 0 Å². The molecule has 2 N–H and O–H groups in total. The normalized spacial score (nSPS) is 16.3. The molecule has 1 heterocycles. The lowest BCUT2D eigenvalue weighted by molar-refractivity contribution is 0.165. The molecule has 0 bridgehead atoms. The standard InChI is InChI=1S/C16H22N4O/c1-12(14-7-8-14)20(10-13-5-3-2-4-6-13)11-15-18-16(9-17)21-19-15/h2-6,12,14H,7-11,17H2,1H3. The molecule has 0 radical (unpaired) electrons. The van der Waals surface area contributed by atoms with Crippen molar-refractivity contribution in [3.05, 3.63) is 47.6 Å². The Kier molecular flexibility index (Phi) is 4.31. The molecule has 1 aromatic heterocycles. The van der Waals surface area contributed by atoms with E-state index in [4.69, 9.17) is 10.3 Å².